The molecule has 2 unspecified atom stereocenters. The van der Waals surface area contributed by atoms with Crippen LogP contribution in [-0.4, -0.2) is 85.2 Å². The van der Waals surface area contributed by atoms with E-state index in [-0.39, 0.29) is 24.1 Å². The summed E-state index contributed by atoms with van der Waals surface area (Å²) in [4.78, 5) is 49.3. The highest BCUT2D eigenvalue weighted by atomic mass is 35.5. The van der Waals surface area contributed by atoms with Gasteiger partial charge in [0.25, 0.3) is 11.8 Å². The molecule has 4 N–H and O–H groups in total. The summed E-state index contributed by atoms with van der Waals surface area (Å²) in [6, 6.07) is 14.0. The van der Waals surface area contributed by atoms with Crippen molar-refractivity contribution in [1.29, 1.82) is 0 Å². The van der Waals surface area contributed by atoms with Gasteiger partial charge in [0.05, 0.1) is 35.1 Å². The van der Waals surface area contributed by atoms with Crippen LogP contribution < -0.4 is 26.2 Å². The maximum Gasteiger partial charge on any atom is 0.449 e. The molecule has 2 fully saturated rings. The molecular weight excluding hydrogens is 774 g/mol. The zero-order valence-electron chi connectivity index (χ0n) is 29.5. The average Bonchev–Trinajstić information content (AvgIpc) is 3.98. The first kappa shape index (κ1) is 38.5. The van der Waals surface area contributed by atoms with Crippen molar-refractivity contribution in [3.05, 3.63) is 107 Å². The lowest BCUT2D eigenvalue weighted by molar-refractivity contribution is -0.171. The first-order valence-corrected chi connectivity index (χ1v) is 18.2. The second kappa shape index (κ2) is 16.1. The molecule has 19 heteroatoms. The first-order valence-electron chi connectivity index (χ1n) is 17.5. The fourth-order valence-corrected chi connectivity index (χ4v) is 7.07. The molecule has 56 heavy (non-hydrogen) atoms. The van der Waals surface area contributed by atoms with E-state index in [0.717, 1.165) is 25.2 Å². The van der Waals surface area contributed by atoms with Crippen molar-refractivity contribution >= 4 is 74.8 Å². The third kappa shape index (κ3) is 8.54. The van der Waals surface area contributed by atoms with Gasteiger partial charge in [0.1, 0.15) is 11.1 Å². The Kier molecular flexibility index (Phi) is 11.1. The van der Waals surface area contributed by atoms with E-state index in [1.165, 1.54) is 16.9 Å². The number of halogens is 5. The fourth-order valence-electron chi connectivity index (χ4n) is 6.72. The summed E-state index contributed by atoms with van der Waals surface area (Å²) in [5.74, 6) is -2.86. The number of Topliss-reactive ketones (excluding diaryl/α,β-unsaturated/α-hetero) is 1. The van der Waals surface area contributed by atoms with Gasteiger partial charge in [0.15, 0.2) is 11.3 Å². The number of benzene rings is 2. The number of hydrogen-bond donors (Lipinski definition) is 3. The zero-order valence-corrected chi connectivity index (χ0v) is 31.0. The summed E-state index contributed by atoms with van der Waals surface area (Å²) in [6.07, 6.45) is 5.48. The van der Waals surface area contributed by atoms with Gasteiger partial charge in [-0.25, -0.2) is 19.0 Å². The molecule has 4 aromatic heterocycles. The number of ketones is 1. The van der Waals surface area contributed by atoms with Gasteiger partial charge < -0.3 is 26.2 Å². The van der Waals surface area contributed by atoms with E-state index in [0.29, 0.717) is 56.9 Å². The molecule has 2 saturated heterocycles. The number of amides is 2. The molecule has 2 amide bonds. The molecule has 0 radical (unpaired) electrons. The smallest absolute Gasteiger partial charge is 0.370 e. The lowest BCUT2D eigenvalue weighted by Gasteiger charge is -2.22. The van der Waals surface area contributed by atoms with E-state index >= 15 is 0 Å². The Hall–Kier alpha value is -5.78. The number of hydrogen-bond acceptors (Lipinski definition) is 10. The Morgan fingerprint density at radius 2 is 1.27 bits per heavy atom. The van der Waals surface area contributed by atoms with E-state index in [9.17, 15) is 27.6 Å². The van der Waals surface area contributed by atoms with E-state index in [4.69, 9.17) is 28.9 Å². The molecule has 0 spiro atoms. The standard InChI is InChI=1S/C20H17ClF3N5O2.C17H17ClN6O/c21-13-2-3-16(28-7-4-12(11-28)8-17(30)20(22,23)24)15(9-13)27-19(31)14-10-26-29-6-1-5-25-18(14)29;18-11-2-3-15(23-7-4-12(19)10-23)14(8-11)22-17(25)13-9-21-24-6-1-5-20-16(13)24/h1-3,5-6,9-10,12H,4,7-8,11H2,(H,27,31);1-3,5-6,8-9,12H,4,7,10,19H2,(H,22,25). The molecular formula is C37H34Cl2F3N11O3. The number of carbonyl (C=O) groups excluding carboxylic acids is 3. The zero-order chi connectivity index (χ0) is 39.6. The number of aromatic nitrogens is 6. The topological polar surface area (TPSA) is 168 Å². The van der Waals surface area contributed by atoms with Gasteiger partial charge in [0.2, 0.25) is 5.78 Å². The molecule has 2 aliphatic rings. The molecule has 2 aromatic carbocycles. The minimum atomic E-state index is -4.82. The molecule has 14 nitrogen and oxygen atoms in total. The van der Waals surface area contributed by atoms with Crippen molar-refractivity contribution in [2.24, 2.45) is 11.7 Å². The summed E-state index contributed by atoms with van der Waals surface area (Å²) in [6.45, 7) is 2.33. The van der Waals surface area contributed by atoms with Crippen LogP contribution in [0.5, 0.6) is 0 Å². The number of nitrogens with zero attached hydrogens (tertiary/aromatic N) is 8. The van der Waals surface area contributed by atoms with Crippen molar-refractivity contribution in [3.63, 3.8) is 0 Å². The van der Waals surface area contributed by atoms with Crippen LogP contribution in [0.3, 0.4) is 0 Å². The van der Waals surface area contributed by atoms with E-state index < -0.39 is 30.2 Å². The molecule has 0 saturated carbocycles. The second-order valence-corrected chi connectivity index (χ2v) is 14.2. The van der Waals surface area contributed by atoms with Crippen molar-refractivity contribution < 1.29 is 27.6 Å². The van der Waals surface area contributed by atoms with E-state index in [1.807, 2.05) is 17.0 Å². The quantitative estimate of drug-likeness (QED) is 0.162. The van der Waals surface area contributed by atoms with Crippen LogP contribution in [0.2, 0.25) is 10.0 Å². The summed E-state index contributed by atoms with van der Waals surface area (Å²) in [5, 5.41) is 14.9. The van der Waals surface area contributed by atoms with Crippen LogP contribution in [0.4, 0.5) is 35.9 Å². The lowest BCUT2D eigenvalue weighted by Crippen LogP contribution is -2.27. The van der Waals surface area contributed by atoms with Gasteiger partial charge in [-0.3, -0.25) is 14.4 Å². The van der Waals surface area contributed by atoms with Crippen molar-refractivity contribution in [3.8, 4) is 0 Å². The van der Waals surface area contributed by atoms with Crippen LogP contribution >= 0.6 is 23.2 Å². The van der Waals surface area contributed by atoms with Crippen LogP contribution in [0, 0.1) is 5.92 Å². The fraction of sp³-hybridized carbons (Fsp3) is 0.270. The van der Waals surface area contributed by atoms with Gasteiger partial charge in [-0.1, -0.05) is 23.2 Å². The van der Waals surface area contributed by atoms with Crippen LogP contribution in [0.25, 0.3) is 11.3 Å². The molecule has 2 atom stereocenters. The molecule has 6 heterocycles. The molecule has 8 rings (SSSR count). The number of fused-ring (bicyclic) bond motifs is 2. The Morgan fingerprint density at radius 3 is 1.75 bits per heavy atom. The number of carbonyl (C=O) groups is 3. The molecule has 0 aliphatic carbocycles. The lowest BCUT2D eigenvalue weighted by atomic mass is 10.0. The Morgan fingerprint density at radius 1 is 0.768 bits per heavy atom. The SMILES string of the molecule is NC1CCN(c2ccc(Cl)cc2NC(=O)c2cnn3cccnc23)C1.O=C(Nc1cc(Cl)ccc1N1CCC(CC(=O)C(F)(F)F)C1)c1cnn2cccnc12. The Balaban J connectivity index is 0.000000175. The highest BCUT2D eigenvalue weighted by molar-refractivity contribution is 6.31. The number of anilines is 4. The summed E-state index contributed by atoms with van der Waals surface area (Å²) >= 11 is 12.2. The number of nitrogens with two attached hydrogens (primary N) is 1. The summed E-state index contributed by atoms with van der Waals surface area (Å²) in [7, 11) is 0. The second-order valence-electron chi connectivity index (χ2n) is 13.3. The third-order valence-electron chi connectivity index (χ3n) is 9.44. The minimum absolute atomic E-state index is 0.142. The first-order chi connectivity index (χ1) is 26.8. The maximum atomic E-state index is 12.9. The Labute approximate surface area is 327 Å². The van der Waals surface area contributed by atoms with Crippen molar-refractivity contribution in [2.45, 2.75) is 31.5 Å². The Bertz CT molecular complexity index is 2420. The highest BCUT2D eigenvalue weighted by Crippen LogP contribution is 2.36. The normalized spacial score (nSPS) is 16.9. The third-order valence-corrected chi connectivity index (χ3v) is 9.91. The number of rotatable bonds is 8. The van der Waals surface area contributed by atoms with Crippen molar-refractivity contribution in [1.82, 2.24) is 29.2 Å². The predicted molar refractivity (Wildman–Crippen MR) is 206 cm³/mol. The number of alkyl halides is 3. The highest BCUT2D eigenvalue weighted by Gasteiger charge is 2.40. The van der Waals surface area contributed by atoms with Gasteiger partial charge in [0, 0.05) is 73.5 Å². The van der Waals surface area contributed by atoms with Gasteiger partial charge in [-0.15, -0.1) is 0 Å². The van der Waals surface area contributed by atoms with Crippen molar-refractivity contribution in [2.75, 3.05) is 46.6 Å². The summed E-state index contributed by atoms with van der Waals surface area (Å²) < 4.78 is 40.8. The average molecular weight is 809 g/mol. The van der Waals surface area contributed by atoms with Gasteiger partial charge in [-0.2, -0.15) is 23.4 Å². The molecule has 2 aliphatic heterocycles. The maximum absolute atomic E-state index is 12.9. The predicted octanol–water partition coefficient (Wildman–Crippen LogP) is 6.16. The number of nitrogens with one attached hydrogen (secondary N) is 2. The van der Waals surface area contributed by atoms with Gasteiger partial charge in [-0.05, 0) is 67.3 Å². The largest absolute Gasteiger partial charge is 0.449 e. The summed E-state index contributed by atoms with van der Waals surface area (Å²) in [5.41, 5.74) is 10.2. The minimum Gasteiger partial charge on any atom is -0.370 e. The van der Waals surface area contributed by atoms with Crippen LogP contribution in [0.15, 0.2) is 85.7 Å². The molecule has 290 valence electrons. The molecule has 0 bridgehead atoms. The van der Waals surface area contributed by atoms with Crippen LogP contribution in [-0.2, 0) is 4.79 Å². The molecule has 6 aromatic rings. The van der Waals surface area contributed by atoms with E-state index in [2.05, 4.69) is 35.7 Å². The van der Waals surface area contributed by atoms with E-state index in [1.54, 1.807) is 65.7 Å². The van der Waals surface area contributed by atoms with Crippen LogP contribution in [0.1, 0.15) is 40.0 Å². The monoisotopic (exact) mass is 807 g/mol. The van der Waals surface area contributed by atoms with Gasteiger partial charge >= 0.3 is 6.18 Å².